The molecule has 14 heavy (non-hydrogen) atoms. The predicted octanol–water partition coefficient (Wildman–Crippen LogP) is 1.90. The van der Waals surface area contributed by atoms with Gasteiger partial charge in [-0.25, -0.2) is 9.97 Å². The summed E-state index contributed by atoms with van der Waals surface area (Å²) in [6, 6.07) is 1.83. The van der Waals surface area contributed by atoms with Gasteiger partial charge in [-0.1, -0.05) is 13.8 Å². The SMILES string of the molecule is CC.Cc1ccnc2ncc(=O)[nH]c12.[HH]. The van der Waals surface area contributed by atoms with E-state index in [-0.39, 0.29) is 6.99 Å². The number of rotatable bonds is 0. The monoisotopic (exact) mass is 193 g/mol. The molecule has 0 amide bonds. The first-order chi connectivity index (χ1) is 6.77. The van der Waals surface area contributed by atoms with Crippen LogP contribution in [0.5, 0.6) is 0 Å². The molecule has 4 heteroatoms. The van der Waals surface area contributed by atoms with Gasteiger partial charge in [0.2, 0.25) is 0 Å². The first-order valence-electron chi connectivity index (χ1n) is 4.58. The molecule has 0 saturated carbocycles. The maximum absolute atomic E-state index is 10.9. The highest BCUT2D eigenvalue weighted by molar-refractivity contribution is 5.72. The normalized spacial score (nSPS) is 9.36. The van der Waals surface area contributed by atoms with Crippen molar-refractivity contribution in [2.24, 2.45) is 0 Å². The number of hydrogen-bond donors (Lipinski definition) is 1. The number of fused-ring (bicyclic) bond motifs is 1. The Balaban J connectivity index is 0.000000617. The van der Waals surface area contributed by atoms with Gasteiger partial charge in [0.25, 0.3) is 5.56 Å². The van der Waals surface area contributed by atoms with Gasteiger partial charge in [-0.3, -0.25) is 4.79 Å². The Morgan fingerprint density at radius 3 is 2.79 bits per heavy atom. The van der Waals surface area contributed by atoms with E-state index in [2.05, 4.69) is 15.0 Å². The lowest BCUT2D eigenvalue weighted by Gasteiger charge is -1.97. The number of aryl methyl sites for hydroxylation is 1. The minimum Gasteiger partial charge on any atom is -0.318 e. The van der Waals surface area contributed by atoms with Crippen molar-refractivity contribution in [3.8, 4) is 0 Å². The molecule has 1 N–H and O–H groups in total. The largest absolute Gasteiger partial charge is 0.318 e. The molecule has 4 nitrogen and oxygen atoms in total. The van der Waals surface area contributed by atoms with Gasteiger partial charge in [0.15, 0.2) is 5.65 Å². The van der Waals surface area contributed by atoms with Gasteiger partial charge < -0.3 is 4.98 Å². The fraction of sp³-hybridized carbons (Fsp3) is 0.300. The highest BCUT2D eigenvalue weighted by atomic mass is 16.1. The van der Waals surface area contributed by atoms with Crippen LogP contribution in [0.15, 0.2) is 23.3 Å². The van der Waals surface area contributed by atoms with E-state index in [1.54, 1.807) is 6.20 Å². The third-order valence-corrected chi connectivity index (χ3v) is 1.69. The number of aromatic amines is 1. The quantitative estimate of drug-likeness (QED) is 0.695. The van der Waals surface area contributed by atoms with Crippen LogP contribution >= 0.6 is 0 Å². The maximum atomic E-state index is 10.9. The lowest BCUT2D eigenvalue weighted by molar-refractivity contribution is 1.16. The Morgan fingerprint density at radius 2 is 2.07 bits per heavy atom. The van der Waals surface area contributed by atoms with Crippen molar-refractivity contribution in [3.63, 3.8) is 0 Å². The average molecular weight is 193 g/mol. The Bertz CT molecular complexity index is 481. The van der Waals surface area contributed by atoms with Crippen LogP contribution in [0.2, 0.25) is 0 Å². The Morgan fingerprint density at radius 1 is 1.36 bits per heavy atom. The smallest absolute Gasteiger partial charge is 0.267 e. The number of nitrogens with zero attached hydrogens (tertiary/aromatic N) is 2. The average Bonchev–Trinajstić information content (AvgIpc) is 2.22. The molecule has 0 bridgehead atoms. The summed E-state index contributed by atoms with van der Waals surface area (Å²) in [4.78, 5) is 21.5. The van der Waals surface area contributed by atoms with Crippen LogP contribution < -0.4 is 5.56 Å². The fourth-order valence-corrected chi connectivity index (χ4v) is 1.07. The molecule has 0 radical (unpaired) electrons. The zero-order valence-electron chi connectivity index (χ0n) is 8.53. The minimum atomic E-state index is -0.196. The van der Waals surface area contributed by atoms with E-state index in [4.69, 9.17) is 0 Å². The highest BCUT2D eigenvalue weighted by Crippen LogP contribution is 2.07. The van der Waals surface area contributed by atoms with Crippen molar-refractivity contribution in [1.82, 2.24) is 15.0 Å². The fourth-order valence-electron chi connectivity index (χ4n) is 1.07. The molecule has 0 saturated heterocycles. The van der Waals surface area contributed by atoms with Gasteiger partial charge in [0.1, 0.15) is 0 Å². The predicted molar refractivity (Wildman–Crippen MR) is 58.4 cm³/mol. The first kappa shape index (κ1) is 10.4. The van der Waals surface area contributed by atoms with Gasteiger partial charge in [0, 0.05) is 7.62 Å². The minimum absolute atomic E-state index is 0. The van der Waals surface area contributed by atoms with Crippen LogP contribution in [0.4, 0.5) is 0 Å². The summed E-state index contributed by atoms with van der Waals surface area (Å²) in [6.07, 6.45) is 2.90. The van der Waals surface area contributed by atoms with Crippen molar-refractivity contribution in [2.75, 3.05) is 0 Å². The number of H-pyrrole nitrogens is 1. The van der Waals surface area contributed by atoms with Gasteiger partial charge in [-0.15, -0.1) is 0 Å². The van der Waals surface area contributed by atoms with Crippen molar-refractivity contribution in [1.29, 1.82) is 0 Å². The second-order valence-electron chi connectivity index (χ2n) is 2.57. The molecule has 76 valence electrons. The Hall–Kier alpha value is -1.71. The molecule has 0 aliphatic carbocycles. The zero-order valence-corrected chi connectivity index (χ0v) is 8.53. The molecule has 0 atom stereocenters. The van der Waals surface area contributed by atoms with Crippen LogP contribution in [0, 0.1) is 6.92 Å². The van der Waals surface area contributed by atoms with Crippen molar-refractivity contribution >= 4 is 11.2 Å². The molecular weight excluding hydrogens is 178 g/mol. The number of hydrogen-bond acceptors (Lipinski definition) is 3. The van der Waals surface area contributed by atoms with Crippen LogP contribution in [0.3, 0.4) is 0 Å². The summed E-state index contributed by atoms with van der Waals surface area (Å²) in [5, 5.41) is 0. The zero-order chi connectivity index (χ0) is 10.6. The summed E-state index contributed by atoms with van der Waals surface area (Å²) in [6.45, 7) is 5.90. The molecule has 2 heterocycles. The Labute approximate surface area is 83.5 Å². The van der Waals surface area contributed by atoms with Gasteiger partial charge in [0.05, 0.1) is 11.7 Å². The topological polar surface area (TPSA) is 58.6 Å². The second-order valence-corrected chi connectivity index (χ2v) is 2.57. The molecule has 0 unspecified atom stereocenters. The maximum Gasteiger partial charge on any atom is 0.267 e. The van der Waals surface area contributed by atoms with E-state index in [0.717, 1.165) is 5.56 Å². The van der Waals surface area contributed by atoms with Crippen molar-refractivity contribution in [3.05, 3.63) is 34.4 Å². The summed E-state index contributed by atoms with van der Waals surface area (Å²) in [5.74, 6) is 0. The lowest BCUT2D eigenvalue weighted by atomic mass is 10.3. The van der Waals surface area contributed by atoms with Gasteiger partial charge >= 0.3 is 0 Å². The molecule has 0 aromatic carbocycles. The molecule has 0 fully saturated rings. The second kappa shape index (κ2) is 4.50. The summed E-state index contributed by atoms with van der Waals surface area (Å²) < 4.78 is 0. The molecule has 0 aliphatic rings. The van der Waals surface area contributed by atoms with Gasteiger partial charge in [-0.05, 0) is 18.6 Å². The molecule has 0 aliphatic heterocycles. The van der Waals surface area contributed by atoms with E-state index >= 15 is 0 Å². The van der Waals surface area contributed by atoms with E-state index in [0.29, 0.717) is 11.2 Å². The summed E-state index contributed by atoms with van der Waals surface area (Å²) in [7, 11) is 0. The standard InChI is InChI=1S/C8H7N3O.C2H6.H2/c1-5-2-3-9-8-7(5)11-6(12)4-10-8;1-2;/h2-4H,1H3,(H,11,12);1-2H3;1H. The molecule has 2 rings (SSSR count). The van der Waals surface area contributed by atoms with E-state index in [1.807, 2.05) is 26.8 Å². The van der Waals surface area contributed by atoms with E-state index in [1.165, 1.54) is 6.20 Å². The van der Waals surface area contributed by atoms with Crippen LogP contribution in [0.1, 0.15) is 20.8 Å². The van der Waals surface area contributed by atoms with E-state index in [9.17, 15) is 4.79 Å². The van der Waals surface area contributed by atoms with E-state index < -0.39 is 0 Å². The highest BCUT2D eigenvalue weighted by Gasteiger charge is 1.98. The molecular formula is C10H15N3O. The molecule has 0 spiro atoms. The number of pyridine rings is 1. The Kier molecular flexibility index (Phi) is 3.34. The third kappa shape index (κ3) is 1.96. The third-order valence-electron chi connectivity index (χ3n) is 1.69. The summed E-state index contributed by atoms with van der Waals surface area (Å²) >= 11 is 0. The first-order valence-corrected chi connectivity index (χ1v) is 4.58. The number of nitrogens with one attached hydrogen (secondary N) is 1. The lowest BCUT2D eigenvalue weighted by Crippen LogP contribution is -2.06. The molecule has 2 aromatic heterocycles. The summed E-state index contributed by atoms with van der Waals surface area (Å²) in [5.41, 5.74) is 2.07. The van der Waals surface area contributed by atoms with Crippen LogP contribution in [-0.4, -0.2) is 15.0 Å². The van der Waals surface area contributed by atoms with Crippen LogP contribution in [0.25, 0.3) is 11.2 Å². The van der Waals surface area contributed by atoms with Crippen molar-refractivity contribution in [2.45, 2.75) is 20.8 Å². The van der Waals surface area contributed by atoms with Crippen LogP contribution in [-0.2, 0) is 0 Å². The number of aromatic nitrogens is 3. The van der Waals surface area contributed by atoms with Crippen molar-refractivity contribution < 1.29 is 1.43 Å². The van der Waals surface area contributed by atoms with Gasteiger partial charge in [-0.2, -0.15) is 0 Å². The molecule has 2 aromatic rings.